The van der Waals surface area contributed by atoms with Crippen molar-refractivity contribution in [3.05, 3.63) is 0 Å². The van der Waals surface area contributed by atoms with Crippen molar-refractivity contribution in [2.45, 2.75) is 200 Å². The quantitative estimate of drug-likeness (QED) is 0.0695. The molecule has 0 spiro atoms. The van der Waals surface area contributed by atoms with Crippen LogP contribution in [0.5, 0.6) is 0 Å². The minimum atomic E-state index is -0.855. The molecule has 0 aromatic carbocycles. The Balaban J connectivity index is 0. The maximum atomic E-state index is 11.9. The number of nitrogens with zero attached hydrogens (tertiary/aromatic N) is 1. The fraction of sp³-hybridized carbons (Fsp3) is 0.971. The fourth-order valence-corrected chi connectivity index (χ4v) is 5.58. The van der Waals surface area contributed by atoms with Gasteiger partial charge in [0.25, 0.3) is 0 Å². The van der Waals surface area contributed by atoms with E-state index in [4.69, 9.17) is 0 Å². The predicted molar refractivity (Wildman–Crippen MR) is 162 cm³/mol. The second kappa shape index (κ2) is 33.6. The molecule has 0 bridgehead atoms. The van der Waals surface area contributed by atoms with Gasteiger partial charge in [-0.05, 0) is 32.4 Å². The van der Waals surface area contributed by atoms with Gasteiger partial charge in [0.1, 0.15) is 0 Å². The Morgan fingerprint density at radius 1 is 0.474 bits per heavy atom. The molecule has 0 aromatic rings. The molecule has 0 aliphatic carbocycles. The zero-order chi connectivity index (χ0) is 27.2. The molecule has 0 saturated heterocycles. The maximum absolute atomic E-state index is 11.9. The van der Waals surface area contributed by atoms with Crippen LogP contribution in [0, 0.1) is 0 Å². The van der Waals surface area contributed by atoms with E-state index in [0.29, 0.717) is 0 Å². The molecule has 0 heterocycles. The third kappa shape index (κ3) is 28.0. The van der Waals surface area contributed by atoms with Crippen LogP contribution in [0.15, 0.2) is 0 Å². The van der Waals surface area contributed by atoms with E-state index in [0.717, 1.165) is 45.2 Å². The van der Waals surface area contributed by atoms with Crippen molar-refractivity contribution in [2.75, 3.05) is 13.1 Å². The number of aliphatic carboxylic acids is 1. The van der Waals surface area contributed by atoms with Gasteiger partial charge in [-0.3, -0.25) is 4.90 Å². The minimum absolute atomic E-state index is 0. The Labute approximate surface area is 262 Å². The van der Waals surface area contributed by atoms with Gasteiger partial charge in [-0.2, -0.15) is 0 Å². The Morgan fingerprint density at radius 3 is 1.00 bits per heavy atom. The van der Waals surface area contributed by atoms with Crippen molar-refractivity contribution in [3.63, 3.8) is 0 Å². The maximum Gasteiger partial charge on any atom is 1.00 e. The van der Waals surface area contributed by atoms with Crippen LogP contribution in [0.3, 0.4) is 0 Å². The first-order valence-electron chi connectivity index (χ1n) is 17.1. The number of carbonyl (C=O) groups is 1. The van der Waals surface area contributed by atoms with E-state index < -0.39 is 5.97 Å². The molecule has 0 fully saturated rings. The van der Waals surface area contributed by atoms with E-state index in [-0.39, 0.29) is 35.6 Å². The fourth-order valence-electron chi connectivity index (χ4n) is 5.58. The molecule has 0 radical (unpaired) electrons. The minimum Gasteiger partial charge on any atom is -0.548 e. The van der Waals surface area contributed by atoms with E-state index >= 15 is 0 Å². The number of carboxylic acids is 1. The van der Waals surface area contributed by atoms with Crippen LogP contribution in [0.4, 0.5) is 0 Å². The summed E-state index contributed by atoms with van der Waals surface area (Å²) >= 11 is 0. The van der Waals surface area contributed by atoms with Gasteiger partial charge in [0, 0.05) is 6.04 Å². The summed E-state index contributed by atoms with van der Waals surface area (Å²) in [5, 5.41) is 11.9. The number of carboxylic acid groups (broad SMARTS) is 1. The summed E-state index contributed by atoms with van der Waals surface area (Å²) in [6.07, 6.45) is 35.1. The van der Waals surface area contributed by atoms with Gasteiger partial charge in [0.05, 0.1) is 5.97 Å². The first-order valence-corrected chi connectivity index (χ1v) is 17.1. The molecule has 0 saturated carbocycles. The monoisotopic (exact) mass is 546 g/mol. The summed E-state index contributed by atoms with van der Waals surface area (Å²) in [4.78, 5) is 14.2. The van der Waals surface area contributed by atoms with Gasteiger partial charge in [-0.1, -0.05) is 175 Å². The van der Waals surface area contributed by atoms with E-state index in [1.807, 2.05) is 0 Å². The Hall–Kier alpha value is 0.430. The first-order chi connectivity index (χ1) is 18.2. The van der Waals surface area contributed by atoms with Crippen molar-refractivity contribution in [3.8, 4) is 0 Å². The van der Waals surface area contributed by atoms with Gasteiger partial charge >= 0.3 is 29.6 Å². The van der Waals surface area contributed by atoms with Crippen LogP contribution in [0.1, 0.15) is 194 Å². The molecule has 3 nitrogen and oxygen atoms in total. The molecule has 0 aliphatic heterocycles. The third-order valence-corrected chi connectivity index (χ3v) is 8.14. The number of rotatable bonds is 31. The van der Waals surface area contributed by atoms with E-state index in [2.05, 4.69) is 25.7 Å². The van der Waals surface area contributed by atoms with Crippen molar-refractivity contribution < 1.29 is 39.5 Å². The summed E-state index contributed by atoms with van der Waals surface area (Å²) in [7, 11) is 0. The van der Waals surface area contributed by atoms with Crippen molar-refractivity contribution >= 4 is 5.97 Å². The Kier molecular flexibility index (Phi) is 35.9. The number of carbonyl (C=O) groups excluding carboxylic acids is 1. The summed E-state index contributed by atoms with van der Waals surface area (Å²) < 4.78 is 0. The summed E-state index contributed by atoms with van der Waals surface area (Å²) in [5.74, 6) is -0.855. The summed E-state index contributed by atoms with van der Waals surface area (Å²) in [5.41, 5.74) is 0. The smallest absolute Gasteiger partial charge is 0.548 e. The van der Waals surface area contributed by atoms with E-state index in [1.54, 1.807) is 0 Å². The molecule has 0 amide bonds. The summed E-state index contributed by atoms with van der Waals surface area (Å²) in [6.45, 7) is 8.56. The van der Waals surface area contributed by atoms with Gasteiger partial charge in [-0.25, -0.2) is 0 Å². The molecule has 0 aliphatic rings. The average Bonchev–Trinajstić information content (AvgIpc) is 2.89. The van der Waals surface area contributed by atoms with Crippen LogP contribution < -0.4 is 34.7 Å². The average molecular weight is 546 g/mol. The van der Waals surface area contributed by atoms with Crippen LogP contribution in [0.2, 0.25) is 0 Å². The molecule has 0 N–H and O–H groups in total. The number of hydrogen-bond donors (Lipinski definition) is 0. The van der Waals surface area contributed by atoms with Crippen molar-refractivity contribution in [2.24, 2.45) is 0 Å². The van der Waals surface area contributed by atoms with E-state index in [1.165, 1.54) is 141 Å². The molecule has 0 rings (SSSR count). The number of unbranched alkanes of at least 4 members (excludes halogenated alkanes) is 23. The zero-order valence-corrected chi connectivity index (χ0v) is 28.8. The van der Waals surface area contributed by atoms with E-state index in [9.17, 15) is 9.90 Å². The molecule has 4 heteroatoms. The topological polar surface area (TPSA) is 43.4 Å². The Bertz CT molecular complexity index is 432. The van der Waals surface area contributed by atoms with Gasteiger partial charge in [0.2, 0.25) is 0 Å². The second-order valence-corrected chi connectivity index (χ2v) is 11.8. The second-order valence-electron chi connectivity index (χ2n) is 11.8. The van der Waals surface area contributed by atoms with Gasteiger partial charge in [-0.15, -0.1) is 0 Å². The van der Waals surface area contributed by atoms with Gasteiger partial charge in [0.15, 0.2) is 0 Å². The largest absolute Gasteiger partial charge is 1.00 e. The zero-order valence-electron chi connectivity index (χ0n) is 26.8. The molecular weight excluding hydrogens is 477 g/mol. The molecular formula is C34H68NNaO2. The molecule has 222 valence electrons. The Morgan fingerprint density at radius 2 is 0.737 bits per heavy atom. The van der Waals surface area contributed by atoms with Crippen molar-refractivity contribution in [1.82, 2.24) is 4.90 Å². The molecule has 0 aromatic heterocycles. The first kappa shape index (κ1) is 40.6. The predicted octanol–water partition coefficient (Wildman–Crippen LogP) is 7.00. The van der Waals surface area contributed by atoms with Crippen LogP contribution >= 0.6 is 0 Å². The molecule has 38 heavy (non-hydrogen) atoms. The SMILES string of the molecule is CCCCCCCCCCCCCCN(CCCCCCCCCCCCCC)C(CCCC)C(=O)[O-].[Na+]. The summed E-state index contributed by atoms with van der Waals surface area (Å²) in [6, 6.07) is -0.389. The third-order valence-electron chi connectivity index (χ3n) is 8.14. The van der Waals surface area contributed by atoms with Crippen LogP contribution in [0.25, 0.3) is 0 Å². The molecule has 1 unspecified atom stereocenters. The normalized spacial score (nSPS) is 12.1. The van der Waals surface area contributed by atoms with Crippen molar-refractivity contribution in [1.29, 1.82) is 0 Å². The number of hydrogen-bond acceptors (Lipinski definition) is 3. The van der Waals surface area contributed by atoms with Crippen LogP contribution in [-0.4, -0.2) is 30.0 Å². The van der Waals surface area contributed by atoms with Gasteiger partial charge < -0.3 is 9.90 Å². The standard InChI is InChI=1S/C34H69NO2.Na/c1-4-7-10-12-14-16-18-20-22-24-26-28-31-35(33(34(36)37)30-9-6-3)32-29-27-25-23-21-19-17-15-13-11-8-5-2;/h33H,4-32H2,1-3H3,(H,36,37);/q;+1/p-1. The van der Waals surface area contributed by atoms with Crippen LogP contribution in [-0.2, 0) is 4.79 Å². The molecule has 1 atom stereocenters.